The number of nitrogens with zero attached hydrogens (tertiary/aromatic N) is 2. The van der Waals surface area contributed by atoms with Crippen molar-refractivity contribution < 1.29 is 9.53 Å². The number of thiazole rings is 1. The van der Waals surface area contributed by atoms with E-state index in [1.807, 2.05) is 55.5 Å². The summed E-state index contributed by atoms with van der Waals surface area (Å²) >= 11 is 7.03. The molecule has 8 heteroatoms. The molecule has 0 aliphatic carbocycles. The molecule has 0 aliphatic rings. The molecule has 0 aliphatic heterocycles. The minimum atomic E-state index is -0.315. The van der Waals surface area contributed by atoms with Crippen molar-refractivity contribution in [2.45, 2.75) is 20.0 Å². The van der Waals surface area contributed by atoms with E-state index >= 15 is 0 Å². The third-order valence-electron chi connectivity index (χ3n) is 3.83. The fraction of sp³-hybridized carbons (Fsp3) is 0.150. The Bertz CT molecular complexity index is 969. The molecule has 2 aromatic carbocycles. The van der Waals surface area contributed by atoms with E-state index in [4.69, 9.17) is 22.1 Å². The van der Waals surface area contributed by atoms with Gasteiger partial charge in [-0.2, -0.15) is 5.10 Å². The molecule has 144 valence electrons. The Morgan fingerprint density at radius 3 is 2.64 bits per heavy atom. The predicted molar refractivity (Wildman–Crippen MR) is 113 cm³/mol. The molecule has 0 radical (unpaired) electrons. The molecule has 1 heterocycles. The highest BCUT2D eigenvalue weighted by atomic mass is 35.5. The number of hydrazone groups is 1. The van der Waals surface area contributed by atoms with Crippen LogP contribution >= 0.6 is 22.9 Å². The van der Waals surface area contributed by atoms with E-state index in [0.29, 0.717) is 33.8 Å². The van der Waals surface area contributed by atoms with Crippen LogP contribution < -0.4 is 15.9 Å². The number of nitrogen functional groups attached to an aromatic ring is 1. The molecule has 3 rings (SSSR count). The summed E-state index contributed by atoms with van der Waals surface area (Å²) < 4.78 is 5.74. The highest BCUT2D eigenvalue weighted by Crippen LogP contribution is 2.20. The lowest BCUT2D eigenvalue weighted by molar-refractivity contribution is 0.0958. The quantitative estimate of drug-likeness (QED) is 0.446. The van der Waals surface area contributed by atoms with Gasteiger partial charge in [0.25, 0.3) is 5.91 Å². The van der Waals surface area contributed by atoms with Crippen molar-refractivity contribution in [3.8, 4) is 5.75 Å². The first-order chi connectivity index (χ1) is 13.5. The van der Waals surface area contributed by atoms with Crippen molar-refractivity contribution in [2.75, 3.05) is 5.73 Å². The average Bonchev–Trinajstić information content (AvgIpc) is 3.09. The van der Waals surface area contributed by atoms with Crippen LogP contribution in [-0.2, 0) is 13.0 Å². The number of nitrogens with two attached hydrogens (primary N) is 1. The largest absolute Gasteiger partial charge is 0.489 e. The molecule has 0 unspecified atom stereocenters. The predicted octanol–water partition coefficient (Wildman–Crippen LogP) is 4.28. The Kier molecular flexibility index (Phi) is 6.62. The molecule has 0 saturated carbocycles. The number of ether oxygens (including phenoxy) is 1. The number of carbonyl (C=O) groups is 1. The van der Waals surface area contributed by atoms with Gasteiger partial charge in [0.1, 0.15) is 17.2 Å². The first kappa shape index (κ1) is 19.9. The summed E-state index contributed by atoms with van der Waals surface area (Å²) in [6.07, 6.45) is 2.20. The molecule has 3 aromatic rings. The maximum Gasteiger partial charge on any atom is 0.283 e. The van der Waals surface area contributed by atoms with Crippen LogP contribution in [-0.4, -0.2) is 17.1 Å². The second kappa shape index (κ2) is 9.34. The van der Waals surface area contributed by atoms with Crippen molar-refractivity contribution in [3.05, 3.63) is 75.3 Å². The topological polar surface area (TPSA) is 89.6 Å². The number of nitrogens with one attached hydrogen (secondary N) is 1. The van der Waals surface area contributed by atoms with Crippen LogP contribution in [0.4, 0.5) is 5.13 Å². The van der Waals surface area contributed by atoms with Gasteiger partial charge in [-0.05, 0) is 53.9 Å². The van der Waals surface area contributed by atoms with E-state index in [9.17, 15) is 4.79 Å². The SMILES string of the molecule is CCc1nc(N)sc1C(=O)N/N=C/c1ccc(OCc2ccc(Cl)cc2)cc1. The van der Waals surface area contributed by atoms with Gasteiger partial charge in [-0.25, -0.2) is 10.4 Å². The summed E-state index contributed by atoms with van der Waals surface area (Å²) in [6, 6.07) is 14.9. The first-order valence-electron chi connectivity index (χ1n) is 8.61. The minimum Gasteiger partial charge on any atom is -0.489 e. The van der Waals surface area contributed by atoms with E-state index in [2.05, 4.69) is 15.5 Å². The van der Waals surface area contributed by atoms with Crippen LogP contribution in [0.1, 0.15) is 33.4 Å². The zero-order valence-corrected chi connectivity index (χ0v) is 16.8. The molecule has 0 atom stereocenters. The van der Waals surface area contributed by atoms with Gasteiger partial charge >= 0.3 is 0 Å². The normalized spacial score (nSPS) is 10.9. The molecule has 0 bridgehead atoms. The van der Waals surface area contributed by atoms with Crippen LogP contribution in [0.25, 0.3) is 0 Å². The lowest BCUT2D eigenvalue weighted by Crippen LogP contribution is -2.17. The summed E-state index contributed by atoms with van der Waals surface area (Å²) in [5, 5.41) is 5.07. The number of hydrogen-bond acceptors (Lipinski definition) is 6. The first-order valence-corrected chi connectivity index (χ1v) is 9.80. The fourth-order valence-electron chi connectivity index (χ4n) is 2.40. The molecule has 0 spiro atoms. The fourth-order valence-corrected chi connectivity index (χ4v) is 3.34. The molecule has 0 fully saturated rings. The molecule has 28 heavy (non-hydrogen) atoms. The minimum absolute atomic E-state index is 0.315. The van der Waals surface area contributed by atoms with Gasteiger partial charge in [-0.3, -0.25) is 4.79 Å². The van der Waals surface area contributed by atoms with Gasteiger partial charge in [0, 0.05) is 5.02 Å². The summed E-state index contributed by atoms with van der Waals surface area (Å²) in [4.78, 5) is 16.8. The Hall–Kier alpha value is -2.90. The van der Waals surface area contributed by atoms with Crippen LogP contribution in [0.15, 0.2) is 53.6 Å². The van der Waals surface area contributed by atoms with E-state index in [1.165, 1.54) is 0 Å². The van der Waals surface area contributed by atoms with Gasteiger partial charge in [0.15, 0.2) is 5.13 Å². The van der Waals surface area contributed by atoms with Crippen molar-refractivity contribution in [1.29, 1.82) is 0 Å². The summed E-state index contributed by atoms with van der Waals surface area (Å²) in [5.74, 6) is 0.425. The number of anilines is 1. The lowest BCUT2D eigenvalue weighted by atomic mass is 10.2. The number of benzene rings is 2. The maximum absolute atomic E-state index is 12.2. The average molecular weight is 415 g/mol. The Labute approximate surface area is 172 Å². The van der Waals surface area contributed by atoms with Crippen molar-refractivity contribution in [1.82, 2.24) is 10.4 Å². The van der Waals surface area contributed by atoms with E-state index < -0.39 is 0 Å². The van der Waals surface area contributed by atoms with Crippen LogP contribution in [0, 0.1) is 0 Å². The van der Waals surface area contributed by atoms with Crippen LogP contribution in [0.3, 0.4) is 0 Å². The van der Waals surface area contributed by atoms with E-state index in [1.54, 1.807) is 6.21 Å². The summed E-state index contributed by atoms with van der Waals surface area (Å²) in [5.41, 5.74) is 10.7. The van der Waals surface area contributed by atoms with Crippen molar-refractivity contribution in [2.24, 2.45) is 5.10 Å². The van der Waals surface area contributed by atoms with Crippen molar-refractivity contribution >= 4 is 40.2 Å². The molecule has 3 N–H and O–H groups in total. The summed E-state index contributed by atoms with van der Waals surface area (Å²) in [6.45, 7) is 2.38. The number of halogens is 1. The third kappa shape index (κ3) is 5.31. The second-order valence-corrected chi connectivity index (χ2v) is 7.33. The van der Waals surface area contributed by atoms with E-state index in [0.717, 1.165) is 28.2 Å². The standard InChI is InChI=1S/C20H19ClN4O2S/c1-2-17-18(28-20(22)24-17)19(26)25-23-11-13-5-9-16(10-6-13)27-12-14-3-7-15(21)8-4-14/h3-11H,2,12H2,1H3,(H2,22,24)(H,25,26)/b23-11+. The van der Waals surface area contributed by atoms with Gasteiger partial charge < -0.3 is 10.5 Å². The smallest absolute Gasteiger partial charge is 0.283 e. The number of carbonyl (C=O) groups excluding carboxylic acids is 1. The Morgan fingerprint density at radius 2 is 1.96 bits per heavy atom. The van der Waals surface area contributed by atoms with E-state index in [-0.39, 0.29) is 5.91 Å². The number of hydrogen-bond donors (Lipinski definition) is 2. The zero-order valence-electron chi connectivity index (χ0n) is 15.2. The monoisotopic (exact) mass is 414 g/mol. The Morgan fingerprint density at radius 1 is 1.25 bits per heavy atom. The molecule has 0 saturated heterocycles. The van der Waals surface area contributed by atoms with Crippen LogP contribution in [0.5, 0.6) is 5.75 Å². The number of aromatic nitrogens is 1. The summed E-state index contributed by atoms with van der Waals surface area (Å²) in [7, 11) is 0. The van der Waals surface area contributed by atoms with Gasteiger partial charge in [0.05, 0.1) is 11.9 Å². The van der Waals surface area contributed by atoms with Gasteiger partial charge in [-0.1, -0.05) is 42.0 Å². The Balaban J connectivity index is 1.53. The highest BCUT2D eigenvalue weighted by Gasteiger charge is 2.15. The molecular weight excluding hydrogens is 396 g/mol. The van der Waals surface area contributed by atoms with Gasteiger partial charge in [0.2, 0.25) is 0 Å². The molecule has 6 nitrogen and oxygen atoms in total. The number of amides is 1. The second-order valence-electron chi connectivity index (χ2n) is 5.86. The lowest BCUT2D eigenvalue weighted by Gasteiger charge is -2.06. The highest BCUT2D eigenvalue weighted by molar-refractivity contribution is 7.17. The van der Waals surface area contributed by atoms with Crippen molar-refractivity contribution in [3.63, 3.8) is 0 Å². The third-order valence-corrected chi connectivity index (χ3v) is 5.01. The number of aryl methyl sites for hydroxylation is 1. The molecule has 1 aromatic heterocycles. The maximum atomic E-state index is 12.2. The molecule has 1 amide bonds. The number of rotatable bonds is 7. The zero-order chi connectivity index (χ0) is 19.9. The van der Waals surface area contributed by atoms with Gasteiger partial charge in [-0.15, -0.1) is 0 Å². The van der Waals surface area contributed by atoms with Crippen LogP contribution in [0.2, 0.25) is 5.02 Å². The molecular formula is C20H19ClN4O2S.